The second-order valence-electron chi connectivity index (χ2n) is 3.73. The quantitative estimate of drug-likeness (QED) is 0.836. The zero-order valence-corrected chi connectivity index (χ0v) is 10.2. The number of thioether (sulfide) groups is 1. The van der Waals surface area contributed by atoms with Crippen LogP contribution in [0.1, 0.15) is 11.1 Å². The second-order valence-corrected chi connectivity index (χ2v) is 4.78. The molecule has 0 atom stereocenters. The van der Waals surface area contributed by atoms with Crippen molar-refractivity contribution in [2.24, 2.45) is 5.73 Å². The average molecular weight is 247 g/mol. The van der Waals surface area contributed by atoms with Crippen LogP contribution in [0.4, 0.5) is 4.39 Å². The molecule has 2 aromatic carbocycles. The van der Waals surface area contributed by atoms with Gasteiger partial charge in [0, 0.05) is 17.2 Å². The van der Waals surface area contributed by atoms with Crippen molar-refractivity contribution in [1.82, 2.24) is 0 Å². The lowest BCUT2D eigenvalue weighted by atomic mass is 10.1. The molecule has 0 fully saturated rings. The van der Waals surface area contributed by atoms with Crippen LogP contribution in [0.25, 0.3) is 0 Å². The topological polar surface area (TPSA) is 26.0 Å². The third-order valence-corrected chi connectivity index (χ3v) is 3.54. The fourth-order valence-electron chi connectivity index (χ4n) is 1.54. The van der Waals surface area contributed by atoms with E-state index in [9.17, 15) is 4.39 Å². The van der Waals surface area contributed by atoms with Crippen molar-refractivity contribution in [1.29, 1.82) is 0 Å². The fraction of sp³-hybridized carbons (Fsp3) is 0.143. The first-order valence-electron chi connectivity index (χ1n) is 5.45. The number of halogens is 1. The maximum Gasteiger partial charge on any atom is 0.127 e. The molecule has 0 spiro atoms. The van der Waals surface area contributed by atoms with Gasteiger partial charge in [-0.1, -0.05) is 30.3 Å². The van der Waals surface area contributed by atoms with E-state index in [0.717, 1.165) is 10.5 Å². The van der Waals surface area contributed by atoms with Crippen molar-refractivity contribution in [3.05, 3.63) is 65.5 Å². The van der Waals surface area contributed by atoms with Gasteiger partial charge in [-0.25, -0.2) is 4.39 Å². The second kappa shape index (κ2) is 5.84. The molecule has 2 rings (SSSR count). The van der Waals surface area contributed by atoms with Crippen molar-refractivity contribution in [2.45, 2.75) is 17.2 Å². The maximum atomic E-state index is 13.6. The lowest BCUT2D eigenvalue weighted by Gasteiger charge is -2.05. The number of benzene rings is 2. The lowest BCUT2D eigenvalue weighted by molar-refractivity contribution is 0.616. The van der Waals surface area contributed by atoms with Crippen LogP contribution in [0.5, 0.6) is 0 Å². The van der Waals surface area contributed by atoms with E-state index < -0.39 is 0 Å². The van der Waals surface area contributed by atoms with E-state index in [2.05, 4.69) is 0 Å². The van der Waals surface area contributed by atoms with E-state index in [4.69, 9.17) is 5.73 Å². The monoisotopic (exact) mass is 247 g/mol. The van der Waals surface area contributed by atoms with Crippen LogP contribution in [0.2, 0.25) is 0 Å². The van der Waals surface area contributed by atoms with E-state index in [1.54, 1.807) is 17.8 Å². The van der Waals surface area contributed by atoms with E-state index in [-0.39, 0.29) is 5.82 Å². The predicted octanol–water partition coefficient (Wildman–Crippen LogP) is 3.58. The summed E-state index contributed by atoms with van der Waals surface area (Å²) in [5.41, 5.74) is 7.22. The molecular formula is C14H14FNS. The van der Waals surface area contributed by atoms with E-state index >= 15 is 0 Å². The smallest absolute Gasteiger partial charge is 0.127 e. The minimum absolute atomic E-state index is 0.161. The Hall–Kier alpha value is -1.32. The molecule has 0 saturated carbocycles. The van der Waals surface area contributed by atoms with Gasteiger partial charge in [0.05, 0.1) is 0 Å². The number of hydrogen-bond acceptors (Lipinski definition) is 2. The molecule has 88 valence electrons. The highest BCUT2D eigenvalue weighted by Gasteiger charge is 2.04. The Morgan fingerprint density at radius 3 is 2.53 bits per heavy atom. The van der Waals surface area contributed by atoms with Crippen molar-refractivity contribution >= 4 is 11.8 Å². The van der Waals surface area contributed by atoms with Crippen molar-refractivity contribution in [3.8, 4) is 0 Å². The van der Waals surface area contributed by atoms with Crippen molar-refractivity contribution in [3.63, 3.8) is 0 Å². The van der Waals surface area contributed by atoms with Crippen LogP contribution in [0.3, 0.4) is 0 Å². The van der Waals surface area contributed by atoms with Crippen LogP contribution in [0.15, 0.2) is 53.4 Å². The highest BCUT2D eigenvalue weighted by atomic mass is 32.2. The fourth-order valence-corrected chi connectivity index (χ4v) is 2.44. The van der Waals surface area contributed by atoms with E-state index in [1.165, 1.54) is 6.07 Å². The normalized spacial score (nSPS) is 10.5. The molecule has 0 heterocycles. The van der Waals surface area contributed by atoms with E-state index in [0.29, 0.717) is 17.9 Å². The van der Waals surface area contributed by atoms with Gasteiger partial charge in [0.1, 0.15) is 5.82 Å². The first-order chi connectivity index (χ1) is 8.29. The summed E-state index contributed by atoms with van der Waals surface area (Å²) in [6, 6.07) is 15.0. The minimum atomic E-state index is -0.161. The molecule has 0 aliphatic carbocycles. The number of rotatable bonds is 4. The summed E-state index contributed by atoms with van der Waals surface area (Å²) >= 11 is 1.63. The van der Waals surface area contributed by atoms with Crippen LogP contribution < -0.4 is 5.73 Å². The molecule has 1 nitrogen and oxygen atoms in total. The molecule has 0 saturated heterocycles. The molecule has 0 unspecified atom stereocenters. The van der Waals surface area contributed by atoms with Crippen LogP contribution in [0, 0.1) is 5.82 Å². The average Bonchev–Trinajstić information content (AvgIpc) is 2.39. The van der Waals surface area contributed by atoms with Gasteiger partial charge in [0.2, 0.25) is 0 Å². The summed E-state index contributed by atoms with van der Waals surface area (Å²) in [7, 11) is 0. The third kappa shape index (κ3) is 3.32. The highest BCUT2D eigenvalue weighted by molar-refractivity contribution is 7.98. The standard InChI is InChI=1S/C14H14FNS/c15-14-7-6-11(9-16)8-12(14)10-17-13-4-2-1-3-5-13/h1-8H,9-10,16H2. The van der Waals surface area contributed by atoms with Crippen LogP contribution in [-0.4, -0.2) is 0 Å². The molecule has 0 amide bonds. The Morgan fingerprint density at radius 2 is 1.82 bits per heavy atom. The molecule has 0 bridgehead atoms. The lowest BCUT2D eigenvalue weighted by Crippen LogP contribution is -1.98. The number of hydrogen-bond donors (Lipinski definition) is 1. The Bertz CT molecular complexity index is 485. The highest BCUT2D eigenvalue weighted by Crippen LogP contribution is 2.24. The van der Waals surface area contributed by atoms with Crippen LogP contribution in [-0.2, 0) is 12.3 Å². The van der Waals surface area contributed by atoms with Gasteiger partial charge in [0.15, 0.2) is 0 Å². The summed E-state index contributed by atoms with van der Waals surface area (Å²) in [5, 5.41) is 0. The Kier molecular flexibility index (Phi) is 4.18. The molecular weight excluding hydrogens is 233 g/mol. The zero-order chi connectivity index (χ0) is 12.1. The molecule has 0 radical (unpaired) electrons. The minimum Gasteiger partial charge on any atom is -0.326 e. The van der Waals surface area contributed by atoms with Gasteiger partial charge in [0.25, 0.3) is 0 Å². The molecule has 3 heteroatoms. The first-order valence-corrected chi connectivity index (χ1v) is 6.43. The van der Waals surface area contributed by atoms with Crippen molar-refractivity contribution in [2.75, 3.05) is 0 Å². The Morgan fingerprint density at radius 1 is 1.06 bits per heavy atom. The number of nitrogens with two attached hydrogens (primary N) is 1. The summed E-state index contributed by atoms with van der Waals surface area (Å²) in [6.07, 6.45) is 0. The summed E-state index contributed by atoms with van der Waals surface area (Å²) in [5.74, 6) is 0.467. The van der Waals surface area contributed by atoms with Gasteiger partial charge < -0.3 is 5.73 Å². The van der Waals surface area contributed by atoms with E-state index in [1.807, 2.05) is 36.4 Å². The molecule has 0 aliphatic heterocycles. The first kappa shape index (κ1) is 12.1. The van der Waals surface area contributed by atoms with Gasteiger partial charge >= 0.3 is 0 Å². The molecule has 0 aromatic heterocycles. The SMILES string of the molecule is NCc1ccc(F)c(CSc2ccccc2)c1. The summed E-state index contributed by atoms with van der Waals surface area (Å²) in [6.45, 7) is 0.448. The van der Waals surface area contributed by atoms with Gasteiger partial charge in [-0.15, -0.1) is 11.8 Å². The molecule has 2 N–H and O–H groups in total. The van der Waals surface area contributed by atoms with Gasteiger partial charge in [-0.05, 0) is 29.3 Å². The Balaban J connectivity index is 2.08. The molecule has 17 heavy (non-hydrogen) atoms. The summed E-state index contributed by atoms with van der Waals surface area (Å²) in [4.78, 5) is 1.14. The third-order valence-electron chi connectivity index (χ3n) is 2.48. The maximum absolute atomic E-state index is 13.6. The van der Waals surface area contributed by atoms with Crippen molar-refractivity contribution < 1.29 is 4.39 Å². The summed E-state index contributed by atoms with van der Waals surface area (Å²) < 4.78 is 13.6. The van der Waals surface area contributed by atoms with Gasteiger partial charge in [-0.3, -0.25) is 0 Å². The largest absolute Gasteiger partial charge is 0.326 e. The predicted molar refractivity (Wildman–Crippen MR) is 70.3 cm³/mol. The Labute approximate surface area is 105 Å². The molecule has 0 aliphatic rings. The zero-order valence-electron chi connectivity index (χ0n) is 9.40. The van der Waals surface area contributed by atoms with Gasteiger partial charge in [-0.2, -0.15) is 0 Å². The molecule has 2 aromatic rings. The van der Waals surface area contributed by atoms with Crippen LogP contribution >= 0.6 is 11.8 Å².